The molecule has 0 amide bonds. The molecule has 0 unspecified atom stereocenters. The molecule has 4 aromatic carbocycles. The van der Waals surface area contributed by atoms with Crippen molar-refractivity contribution in [2.75, 3.05) is 4.90 Å². The summed E-state index contributed by atoms with van der Waals surface area (Å²) in [7, 11) is 0. The molecule has 7 rings (SSSR count). The normalized spacial score (nSPS) is 11.6. The van der Waals surface area contributed by atoms with Gasteiger partial charge < -0.3 is 9.88 Å². The maximum atomic E-state index is 5.00. The Morgan fingerprint density at radius 1 is 0.606 bits per heavy atom. The number of hydrogen-bond acceptors (Lipinski definition) is 2. The molecule has 0 aliphatic carbocycles. The van der Waals surface area contributed by atoms with Crippen molar-refractivity contribution in [2.45, 2.75) is 0 Å². The van der Waals surface area contributed by atoms with Gasteiger partial charge in [0.25, 0.3) is 0 Å². The van der Waals surface area contributed by atoms with Gasteiger partial charge in [0.2, 0.25) is 0 Å². The van der Waals surface area contributed by atoms with E-state index in [0.29, 0.717) is 0 Å². The zero-order valence-corrected chi connectivity index (χ0v) is 17.8. The number of anilines is 3. The molecular weight excluding hydrogens is 404 g/mol. The number of nitrogens with one attached hydrogen (secondary N) is 1. The Bertz CT molecular complexity index is 1720. The Hall–Kier alpha value is -4.57. The predicted molar refractivity (Wildman–Crippen MR) is 137 cm³/mol. The second kappa shape index (κ2) is 6.97. The van der Waals surface area contributed by atoms with E-state index in [1.807, 2.05) is 12.1 Å². The summed E-state index contributed by atoms with van der Waals surface area (Å²) in [5, 5.41) is 2.42. The smallest absolute Gasteiger partial charge is 0.138 e. The summed E-state index contributed by atoms with van der Waals surface area (Å²) in [6.45, 7) is 0. The molecule has 156 valence electrons. The van der Waals surface area contributed by atoms with E-state index in [0.717, 1.165) is 44.8 Å². The number of rotatable bonds is 3. The Morgan fingerprint density at radius 3 is 2.06 bits per heavy atom. The molecule has 3 heterocycles. The molecule has 3 aromatic heterocycles. The number of benzene rings is 4. The second-order valence-corrected chi connectivity index (χ2v) is 8.29. The summed E-state index contributed by atoms with van der Waals surface area (Å²) < 4.78 is 2.17. The third kappa shape index (κ3) is 2.81. The van der Waals surface area contributed by atoms with Crippen LogP contribution in [-0.4, -0.2) is 14.4 Å². The molecule has 33 heavy (non-hydrogen) atoms. The van der Waals surface area contributed by atoms with Gasteiger partial charge in [-0.05, 0) is 54.6 Å². The number of H-pyrrole nitrogens is 1. The molecule has 0 radical (unpaired) electrons. The number of aromatic nitrogens is 3. The maximum Gasteiger partial charge on any atom is 0.138 e. The quantitative estimate of drug-likeness (QED) is 0.317. The highest BCUT2D eigenvalue weighted by Gasteiger charge is 2.15. The van der Waals surface area contributed by atoms with Gasteiger partial charge in [-0.2, -0.15) is 0 Å². The van der Waals surface area contributed by atoms with Gasteiger partial charge in [0, 0.05) is 39.5 Å². The first-order valence-electron chi connectivity index (χ1n) is 11.1. The SMILES string of the molecule is c1ccc(N(c2ccccc2)c2ccc3c(c2)nc2cc4c(cn23)[nH]c2ccccc24)cc1. The van der Waals surface area contributed by atoms with Gasteiger partial charge in [-0.3, -0.25) is 4.40 Å². The van der Waals surface area contributed by atoms with E-state index in [9.17, 15) is 0 Å². The number of imidazole rings is 1. The molecule has 0 spiro atoms. The van der Waals surface area contributed by atoms with Gasteiger partial charge in [-0.1, -0.05) is 54.6 Å². The summed E-state index contributed by atoms with van der Waals surface area (Å²) in [5.41, 5.74) is 8.59. The van der Waals surface area contributed by atoms with Gasteiger partial charge in [0.15, 0.2) is 0 Å². The molecule has 0 saturated carbocycles. The number of hydrogen-bond donors (Lipinski definition) is 1. The summed E-state index contributed by atoms with van der Waals surface area (Å²) >= 11 is 0. The van der Waals surface area contributed by atoms with Crippen molar-refractivity contribution in [1.29, 1.82) is 0 Å². The molecule has 0 fully saturated rings. The fourth-order valence-electron chi connectivity index (χ4n) is 4.78. The Balaban J connectivity index is 1.44. The van der Waals surface area contributed by atoms with Crippen LogP contribution in [-0.2, 0) is 0 Å². The van der Waals surface area contributed by atoms with E-state index < -0.39 is 0 Å². The number of pyridine rings is 1. The lowest BCUT2D eigenvalue weighted by molar-refractivity contribution is 1.24. The lowest BCUT2D eigenvalue weighted by Gasteiger charge is -2.25. The van der Waals surface area contributed by atoms with Crippen LogP contribution in [0.5, 0.6) is 0 Å². The van der Waals surface area contributed by atoms with E-state index in [-0.39, 0.29) is 0 Å². The van der Waals surface area contributed by atoms with Crippen molar-refractivity contribution in [3.05, 3.63) is 115 Å². The van der Waals surface area contributed by atoms with E-state index in [1.54, 1.807) is 0 Å². The van der Waals surface area contributed by atoms with Gasteiger partial charge in [0.1, 0.15) is 5.65 Å². The van der Waals surface area contributed by atoms with E-state index in [1.165, 1.54) is 10.8 Å². The van der Waals surface area contributed by atoms with Crippen LogP contribution in [0.25, 0.3) is 38.5 Å². The van der Waals surface area contributed by atoms with Gasteiger partial charge in [-0.25, -0.2) is 4.98 Å². The fraction of sp³-hybridized carbons (Fsp3) is 0. The number of para-hydroxylation sites is 3. The molecule has 0 aliphatic heterocycles. The highest BCUT2D eigenvalue weighted by Crippen LogP contribution is 2.36. The molecule has 4 heteroatoms. The van der Waals surface area contributed by atoms with Crippen molar-refractivity contribution < 1.29 is 0 Å². The third-order valence-electron chi connectivity index (χ3n) is 6.30. The highest BCUT2D eigenvalue weighted by molar-refractivity contribution is 6.08. The van der Waals surface area contributed by atoms with E-state index >= 15 is 0 Å². The monoisotopic (exact) mass is 424 g/mol. The lowest BCUT2D eigenvalue weighted by Crippen LogP contribution is -2.09. The Kier molecular flexibility index (Phi) is 3.81. The largest absolute Gasteiger partial charge is 0.353 e. The lowest BCUT2D eigenvalue weighted by atomic mass is 10.2. The van der Waals surface area contributed by atoms with Crippen LogP contribution < -0.4 is 4.90 Å². The topological polar surface area (TPSA) is 36.3 Å². The Morgan fingerprint density at radius 2 is 1.30 bits per heavy atom. The van der Waals surface area contributed by atoms with E-state index in [2.05, 4.69) is 118 Å². The summed E-state index contributed by atoms with van der Waals surface area (Å²) in [6, 6.07) is 38.0. The minimum absolute atomic E-state index is 0.949. The van der Waals surface area contributed by atoms with Crippen LogP contribution >= 0.6 is 0 Å². The molecule has 7 aromatic rings. The average molecular weight is 425 g/mol. The van der Waals surface area contributed by atoms with Crippen LogP contribution in [0.15, 0.2) is 115 Å². The van der Waals surface area contributed by atoms with E-state index in [4.69, 9.17) is 4.98 Å². The van der Waals surface area contributed by atoms with Crippen molar-refractivity contribution >= 4 is 55.5 Å². The minimum Gasteiger partial charge on any atom is -0.353 e. The van der Waals surface area contributed by atoms with Crippen molar-refractivity contribution in [3.8, 4) is 0 Å². The van der Waals surface area contributed by atoms with Crippen molar-refractivity contribution in [2.24, 2.45) is 0 Å². The molecule has 4 nitrogen and oxygen atoms in total. The molecule has 0 atom stereocenters. The molecule has 0 aliphatic rings. The second-order valence-electron chi connectivity index (χ2n) is 8.29. The highest BCUT2D eigenvalue weighted by atomic mass is 15.1. The molecular formula is C29H20N4. The van der Waals surface area contributed by atoms with Crippen LogP contribution in [0.3, 0.4) is 0 Å². The average Bonchev–Trinajstić information content (AvgIpc) is 3.41. The first-order chi connectivity index (χ1) is 16.3. The van der Waals surface area contributed by atoms with Gasteiger partial charge >= 0.3 is 0 Å². The molecule has 0 bridgehead atoms. The zero-order chi connectivity index (χ0) is 21.8. The summed E-state index contributed by atoms with van der Waals surface area (Å²) in [4.78, 5) is 10.8. The number of nitrogens with zero attached hydrogens (tertiary/aromatic N) is 3. The van der Waals surface area contributed by atoms with Gasteiger partial charge in [-0.15, -0.1) is 0 Å². The minimum atomic E-state index is 0.949. The maximum absolute atomic E-state index is 5.00. The molecule has 1 N–H and O–H groups in total. The Labute approximate surface area is 190 Å². The first-order valence-corrected chi connectivity index (χ1v) is 11.1. The van der Waals surface area contributed by atoms with Crippen LogP contribution in [0.4, 0.5) is 17.1 Å². The number of fused-ring (bicyclic) bond motifs is 6. The standard InChI is InChI=1S/C29H20N4/c1-3-9-20(10-4-1)33(21-11-5-2-6-12-21)22-15-16-28-26(17-22)31-29-18-24-23-13-7-8-14-25(23)30-27(24)19-32(28)29/h1-19,30H. The van der Waals surface area contributed by atoms with Crippen LogP contribution in [0.2, 0.25) is 0 Å². The summed E-state index contributed by atoms with van der Waals surface area (Å²) in [6.07, 6.45) is 2.16. The molecule has 0 saturated heterocycles. The fourth-order valence-corrected chi connectivity index (χ4v) is 4.78. The predicted octanol–water partition coefficient (Wildman–Crippen LogP) is 7.59. The van der Waals surface area contributed by atoms with Crippen molar-refractivity contribution in [1.82, 2.24) is 14.4 Å². The van der Waals surface area contributed by atoms with Crippen LogP contribution in [0.1, 0.15) is 0 Å². The zero-order valence-electron chi connectivity index (χ0n) is 17.8. The third-order valence-corrected chi connectivity index (χ3v) is 6.30. The number of aromatic amines is 1. The summed E-state index contributed by atoms with van der Waals surface area (Å²) in [5.74, 6) is 0. The van der Waals surface area contributed by atoms with Gasteiger partial charge in [0.05, 0.1) is 16.6 Å². The van der Waals surface area contributed by atoms with Crippen LogP contribution in [0, 0.1) is 0 Å². The first kappa shape index (κ1) is 18.0. The van der Waals surface area contributed by atoms with Crippen molar-refractivity contribution in [3.63, 3.8) is 0 Å².